The number of hydrogen-bond acceptors (Lipinski definition) is 8. The van der Waals surface area contributed by atoms with E-state index in [-0.39, 0.29) is 0 Å². The van der Waals surface area contributed by atoms with Crippen LogP contribution in [0.3, 0.4) is 0 Å². The molecule has 1 atom stereocenters. The summed E-state index contributed by atoms with van der Waals surface area (Å²) in [6, 6.07) is 0. The molecule has 180 valence electrons. The molecule has 0 saturated heterocycles. The minimum absolute atomic E-state index is 0.750. The zero-order valence-corrected chi connectivity index (χ0v) is 16.4. The van der Waals surface area contributed by atoms with Gasteiger partial charge < -0.3 is 14.2 Å². The number of alkyl halides is 7. The number of ketones is 1. The van der Waals surface area contributed by atoms with E-state index >= 15 is 0 Å². The summed E-state index contributed by atoms with van der Waals surface area (Å²) in [6.07, 6.45) is -8.57. The second-order valence-electron chi connectivity index (χ2n) is 5.86. The molecule has 0 aromatic heterocycles. The Morgan fingerprint density at radius 3 is 1.84 bits per heavy atom. The number of esters is 2. The SMILES string of the molecule is C=C(C)C(=O)OC(OCCC(F)(F)C(F)(F)S(=O)(=O)O)(C(=O)OCC(C)=O)C(F)(F)F. The zero-order valence-electron chi connectivity index (χ0n) is 15.6. The van der Waals surface area contributed by atoms with Crippen LogP contribution in [-0.4, -0.2) is 67.0 Å². The summed E-state index contributed by atoms with van der Waals surface area (Å²) >= 11 is 0. The summed E-state index contributed by atoms with van der Waals surface area (Å²) in [5.74, 6) is -16.1. The Morgan fingerprint density at radius 2 is 1.48 bits per heavy atom. The number of ether oxygens (including phenoxy) is 3. The first-order valence-electron chi connectivity index (χ1n) is 7.61. The van der Waals surface area contributed by atoms with Crippen molar-refractivity contribution in [1.29, 1.82) is 0 Å². The summed E-state index contributed by atoms with van der Waals surface area (Å²) in [5, 5.41) is -6.15. The van der Waals surface area contributed by atoms with Gasteiger partial charge in [0.1, 0.15) is 6.61 Å². The van der Waals surface area contributed by atoms with E-state index in [0.29, 0.717) is 0 Å². The third kappa shape index (κ3) is 6.60. The van der Waals surface area contributed by atoms with Crippen molar-refractivity contribution in [2.75, 3.05) is 13.2 Å². The lowest BCUT2D eigenvalue weighted by molar-refractivity contribution is -0.356. The lowest BCUT2D eigenvalue weighted by Gasteiger charge is -2.33. The maximum Gasteiger partial charge on any atom is 0.468 e. The molecular formula is C14H15F7O9S. The van der Waals surface area contributed by atoms with E-state index in [2.05, 4.69) is 20.8 Å². The molecule has 0 aromatic rings. The molecule has 0 aliphatic rings. The van der Waals surface area contributed by atoms with Gasteiger partial charge in [0.15, 0.2) is 5.78 Å². The van der Waals surface area contributed by atoms with E-state index in [9.17, 15) is 53.5 Å². The predicted molar refractivity (Wildman–Crippen MR) is 83.3 cm³/mol. The Bertz CT molecular complexity index is 836. The third-order valence-corrected chi connectivity index (χ3v) is 4.05. The average Bonchev–Trinajstić information content (AvgIpc) is 2.55. The molecule has 0 heterocycles. The van der Waals surface area contributed by atoms with Crippen molar-refractivity contribution in [2.45, 2.75) is 43.4 Å². The van der Waals surface area contributed by atoms with Gasteiger partial charge >= 0.3 is 45.2 Å². The number of carbonyl (C=O) groups is 3. The van der Waals surface area contributed by atoms with Crippen LogP contribution in [0.2, 0.25) is 0 Å². The van der Waals surface area contributed by atoms with Gasteiger partial charge in [0.05, 0.1) is 6.61 Å². The fourth-order valence-corrected chi connectivity index (χ4v) is 2.00. The van der Waals surface area contributed by atoms with Gasteiger partial charge in [0, 0.05) is 12.0 Å². The van der Waals surface area contributed by atoms with Gasteiger partial charge in [-0.3, -0.25) is 9.35 Å². The molecule has 0 bridgehead atoms. The van der Waals surface area contributed by atoms with Crippen molar-refractivity contribution in [3.05, 3.63) is 12.2 Å². The van der Waals surface area contributed by atoms with Crippen molar-refractivity contribution in [3.63, 3.8) is 0 Å². The van der Waals surface area contributed by atoms with Gasteiger partial charge in [-0.2, -0.15) is 39.2 Å². The van der Waals surface area contributed by atoms with Crippen LogP contribution in [0, 0.1) is 0 Å². The standard InChI is InChI=1S/C14H15F7O9S/c1-7(2)9(23)30-12(13(17,18)19,10(24)28-6-8(3)22)29-5-4-11(15,16)14(20,21)31(25,26)27/h1,4-6H2,2-3H3,(H,25,26,27). The molecule has 0 aromatic carbocycles. The first kappa shape index (κ1) is 28.7. The maximum absolute atomic E-state index is 13.5. The molecule has 0 aliphatic carbocycles. The Kier molecular flexibility index (Phi) is 8.78. The Labute approximate surface area is 169 Å². The van der Waals surface area contributed by atoms with Gasteiger partial charge in [-0.1, -0.05) is 6.58 Å². The van der Waals surface area contributed by atoms with Crippen LogP contribution in [0.4, 0.5) is 30.7 Å². The molecule has 0 amide bonds. The normalized spacial score (nSPS) is 15.0. The lowest BCUT2D eigenvalue weighted by atomic mass is 10.2. The molecule has 0 fully saturated rings. The highest BCUT2D eigenvalue weighted by atomic mass is 32.2. The van der Waals surface area contributed by atoms with E-state index in [0.717, 1.165) is 13.8 Å². The molecule has 0 saturated carbocycles. The highest BCUT2D eigenvalue weighted by Crippen LogP contribution is 2.42. The van der Waals surface area contributed by atoms with E-state index in [1.807, 2.05) is 0 Å². The van der Waals surface area contributed by atoms with Crippen LogP contribution in [0.25, 0.3) is 0 Å². The van der Waals surface area contributed by atoms with Gasteiger partial charge in [0.2, 0.25) is 0 Å². The van der Waals surface area contributed by atoms with Crippen LogP contribution in [0.5, 0.6) is 0 Å². The second kappa shape index (κ2) is 9.47. The highest BCUT2D eigenvalue weighted by Gasteiger charge is 2.69. The number of carbonyl (C=O) groups excluding carboxylic acids is 3. The van der Waals surface area contributed by atoms with E-state index in [1.165, 1.54) is 0 Å². The summed E-state index contributed by atoms with van der Waals surface area (Å²) in [5.41, 5.74) is -0.750. The Hall–Kier alpha value is -2.27. The molecule has 17 heteroatoms. The van der Waals surface area contributed by atoms with Crippen molar-refractivity contribution in [3.8, 4) is 0 Å². The van der Waals surface area contributed by atoms with E-state index in [1.54, 1.807) is 0 Å². The van der Waals surface area contributed by atoms with Gasteiger partial charge in [0.25, 0.3) is 0 Å². The third-order valence-electron chi connectivity index (χ3n) is 3.10. The zero-order chi connectivity index (χ0) is 25.1. The highest BCUT2D eigenvalue weighted by molar-refractivity contribution is 7.87. The minimum Gasteiger partial charge on any atom is -0.453 e. The van der Waals surface area contributed by atoms with Crippen molar-refractivity contribution >= 4 is 27.8 Å². The molecular weight excluding hydrogens is 477 g/mol. The fraction of sp³-hybridized carbons (Fsp3) is 0.643. The smallest absolute Gasteiger partial charge is 0.453 e. The first-order chi connectivity index (χ1) is 13.6. The number of rotatable bonds is 11. The summed E-state index contributed by atoms with van der Waals surface area (Å²) < 4.78 is 135. The van der Waals surface area contributed by atoms with Gasteiger partial charge in [-0.05, 0) is 13.8 Å². The second-order valence-corrected chi connectivity index (χ2v) is 7.32. The Morgan fingerprint density at radius 1 is 1.00 bits per heavy atom. The first-order valence-corrected chi connectivity index (χ1v) is 9.05. The molecule has 0 aliphatic heterocycles. The van der Waals surface area contributed by atoms with Gasteiger partial charge in [-0.15, -0.1) is 0 Å². The summed E-state index contributed by atoms with van der Waals surface area (Å²) in [4.78, 5) is 34.3. The lowest BCUT2D eigenvalue weighted by Crippen LogP contribution is -2.59. The summed E-state index contributed by atoms with van der Waals surface area (Å²) in [6.45, 7) is 1.02. The largest absolute Gasteiger partial charge is 0.468 e. The van der Waals surface area contributed by atoms with Crippen LogP contribution in [0.1, 0.15) is 20.3 Å². The maximum atomic E-state index is 13.5. The van der Waals surface area contributed by atoms with Crippen molar-refractivity contribution < 1.29 is 72.3 Å². The molecule has 0 radical (unpaired) electrons. The molecule has 0 spiro atoms. The monoisotopic (exact) mass is 492 g/mol. The Balaban J connectivity index is 6.05. The molecule has 1 N–H and O–H groups in total. The van der Waals surface area contributed by atoms with Crippen molar-refractivity contribution in [1.82, 2.24) is 0 Å². The van der Waals surface area contributed by atoms with Crippen LogP contribution in [-0.2, 0) is 38.7 Å². The minimum atomic E-state index is -6.71. The van der Waals surface area contributed by atoms with Gasteiger partial charge in [-0.25, -0.2) is 9.59 Å². The van der Waals surface area contributed by atoms with Crippen LogP contribution in [0.15, 0.2) is 12.2 Å². The van der Waals surface area contributed by atoms with Crippen LogP contribution >= 0.6 is 0 Å². The molecule has 9 nitrogen and oxygen atoms in total. The van der Waals surface area contributed by atoms with E-state index in [4.69, 9.17) is 4.55 Å². The number of hydrogen-bond donors (Lipinski definition) is 1. The molecule has 31 heavy (non-hydrogen) atoms. The topological polar surface area (TPSA) is 133 Å². The molecule has 1 unspecified atom stereocenters. The average molecular weight is 492 g/mol. The number of Topliss-reactive ketones (excluding diaryl/α,β-unsaturated/α-hetero) is 1. The number of halogens is 7. The van der Waals surface area contributed by atoms with Crippen molar-refractivity contribution in [2.24, 2.45) is 0 Å². The predicted octanol–water partition coefficient (Wildman–Crippen LogP) is 2.02. The van der Waals surface area contributed by atoms with Crippen LogP contribution < -0.4 is 0 Å². The molecule has 0 rings (SSSR count). The summed E-state index contributed by atoms with van der Waals surface area (Å²) in [7, 11) is -6.71. The van der Waals surface area contributed by atoms with E-state index < -0.39 is 76.2 Å². The quantitative estimate of drug-likeness (QED) is 0.151. The fourth-order valence-electron chi connectivity index (χ4n) is 1.52.